The molecule has 0 aliphatic carbocycles. The van der Waals surface area contributed by atoms with Gasteiger partial charge in [0.1, 0.15) is 10.6 Å². The lowest BCUT2D eigenvalue weighted by molar-refractivity contribution is 0.0528. The van der Waals surface area contributed by atoms with Gasteiger partial charge in [0.2, 0.25) is 10.0 Å². The molecule has 2 fully saturated rings. The maximum Gasteiger partial charge on any atom is 0.270 e. The van der Waals surface area contributed by atoms with Gasteiger partial charge in [-0.3, -0.25) is 4.79 Å². The fraction of sp³-hybridized carbons (Fsp3) is 0.688. The molecule has 1 atom stereocenters. The van der Waals surface area contributed by atoms with Crippen LogP contribution in [0.4, 0.5) is 0 Å². The molecule has 0 aromatic carbocycles. The first-order valence-corrected chi connectivity index (χ1v) is 9.97. The van der Waals surface area contributed by atoms with E-state index in [1.807, 2.05) is 13.8 Å². The lowest BCUT2D eigenvalue weighted by atomic mass is 9.79. The first-order chi connectivity index (χ1) is 11.7. The SMILES string of the molecule is CC1(C)CN(C(=O)c2cc(S(=O)(=O)N3CCOCC3)c[nH]2)CCC1N. The van der Waals surface area contributed by atoms with E-state index in [1.165, 1.54) is 16.6 Å². The summed E-state index contributed by atoms with van der Waals surface area (Å²) < 4.78 is 31.9. The van der Waals surface area contributed by atoms with Gasteiger partial charge in [0.05, 0.1) is 13.2 Å². The number of piperidine rings is 1. The first-order valence-electron chi connectivity index (χ1n) is 8.53. The predicted octanol–water partition coefficient (Wildman–Crippen LogP) is 0.235. The van der Waals surface area contributed by atoms with E-state index in [-0.39, 0.29) is 28.0 Å². The van der Waals surface area contributed by atoms with Crippen molar-refractivity contribution in [3.8, 4) is 0 Å². The summed E-state index contributed by atoms with van der Waals surface area (Å²) in [6.07, 6.45) is 2.12. The second-order valence-corrected chi connectivity index (χ2v) is 9.31. The van der Waals surface area contributed by atoms with Gasteiger partial charge in [0, 0.05) is 38.4 Å². The molecule has 0 saturated carbocycles. The number of hydrogen-bond donors (Lipinski definition) is 2. The molecule has 2 aliphatic heterocycles. The van der Waals surface area contributed by atoms with E-state index in [1.54, 1.807) is 4.90 Å². The largest absolute Gasteiger partial charge is 0.379 e. The average Bonchev–Trinajstić information content (AvgIpc) is 3.08. The summed E-state index contributed by atoms with van der Waals surface area (Å²) in [5.41, 5.74) is 6.24. The topological polar surface area (TPSA) is 109 Å². The number of amides is 1. The number of aromatic nitrogens is 1. The van der Waals surface area contributed by atoms with Crippen molar-refractivity contribution in [1.29, 1.82) is 0 Å². The molecule has 2 saturated heterocycles. The van der Waals surface area contributed by atoms with Gasteiger partial charge in [-0.25, -0.2) is 8.42 Å². The highest BCUT2D eigenvalue weighted by atomic mass is 32.2. The van der Waals surface area contributed by atoms with E-state index < -0.39 is 10.0 Å². The molecular formula is C16H26N4O4S. The first kappa shape index (κ1) is 18.4. The summed E-state index contributed by atoms with van der Waals surface area (Å²) >= 11 is 0. The third-order valence-corrected chi connectivity index (χ3v) is 6.97. The van der Waals surface area contributed by atoms with Crippen LogP contribution < -0.4 is 5.73 Å². The van der Waals surface area contributed by atoms with E-state index in [0.29, 0.717) is 39.4 Å². The monoisotopic (exact) mass is 370 g/mol. The molecule has 1 aromatic heterocycles. The highest BCUT2D eigenvalue weighted by Gasteiger charge is 2.36. The number of nitrogens with two attached hydrogens (primary N) is 1. The maximum atomic E-state index is 12.7. The van der Waals surface area contributed by atoms with Gasteiger partial charge in [-0.1, -0.05) is 13.8 Å². The van der Waals surface area contributed by atoms with E-state index in [2.05, 4.69) is 4.98 Å². The van der Waals surface area contributed by atoms with Crippen molar-refractivity contribution in [3.05, 3.63) is 18.0 Å². The van der Waals surface area contributed by atoms with Crippen molar-refractivity contribution < 1.29 is 17.9 Å². The van der Waals surface area contributed by atoms with Crippen molar-refractivity contribution >= 4 is 15.9 Å². The van der Waals surface area contributed by atoms with Crippen molar-refractivity contribution in [2.75, 3.05) is 39.4 Å². The van der Waals surface area contributed by atoms with Crippen LogP contribution in [0, 0.1) is 5.41 Å². The number of likely N-dealkylation sites (tertiary alicyclic amines) is 1. The number of morpholine rings is 1. The fourth-order valence-electron chi connectivity index (χ4n) is 3.30. The molecule has 1 amide bonds. The summed E-state index contributed by atoms with van der Waals surface area (Å²) in [4.78, 5) is 17.4. The molecule has 3 heterocycles. The number of sulfonamides is 1. The van der Waals surface area contributed by atoms with E-state index >= 15 is 0 Å². The maximum absolute atomic E-state index is 12.7. The Morgan fingerprint density at radius 3 is 2.64 bits per heavy atom. The number of carbonyl (C=O) groups excluding carboxylic acids is 1. The van der Waals surface area contributed by atoms with Gasteiger partial charge in [-0.05, 0) is 17.9 Å². The third-order valence-electron chi connectivity index (χ3n) is 5.09. The smallest absolute Gasteiger partial charge is 0.270 e. The zero-order valence-corrected chi connectivity index (χ0v) is 15.5. The molecule has 0 bridgehead atoms. The number of ether oxygens (including phenoxy) is 1. The molecule has 9 heteroatoms. The summed E-state index contributed by atoms with van der Waals surface area (Å²) in [7, 11) is -3.61. The van der Waals surface area contributed by atoms with Gasteiger partial charge < -0.3 is 20.4 Å². The Labute approximate surface area is 148 Å². The standard InChI is InChI=1S/C16H26N4O4S/c1-16(2)11-19(4-3-14(16)17)15(21)13-9-12(10-18-13)25(22,23)20-5-7-24-8-6-20/h9-10,14,18H,3-8,11,17H2,1-2H3. The number of rotatable bonds is 3. The van der Waals surface area contributed by atoms with Crippen LogP contribution in [0.25, 0.3) is 0 Å². The van der Waals surface area contributed by atoms with Crippen LogP contribution in [0.1, 0.15) is 30.8 Å². The highest BCUT2D eigenvalue weighted by Crippen LogP contribution is 2.29. The summed E-state index contributed by atoms with van der Waals surface area (Å²) in [6, 6.07) is 1.48. The number of nitrogens with zero attached hydrogens (tertiary/aromatic N) is 2. The van der Waals surface area contributed by atoms with Gasteiger partial charge in [0.25, 0.3) is 5.91 Å². The van der Waals surface area contributed by atoms with E-state index in [0.717, 1.165) is 6.42 Å². The second kappa shape index (κ2) is 6.71. The van der Waals surface area contributed by atoms with Crippen molar-refractivity contribution in [3.63, 3.8) is 0 Å². The molecule has 3 rings (SSSR count). The Kier molecular flexibility index (Phi) is 4.93. The van der Waals surface area contributed by atoms with Gasteiger partial charge in [-0.2, -0.15) is 4.31 Å². The Bertz CT molecular complexity index is 737. The summed E-state index contributed by atoms with van der Waals surface area (Å²) in [6.45, 7) is 6.65. The number of nitrogens with one attached hydrogen (secondary N) is 1. The molecule has 8 nitrogen and oxygen atoms in total. The van der Waals surface area contributed by atoms with Crippen molar-refractivity contribution in [2.45, 2.75) is 31.2 Å². The minimum Gasteiger partial charge on any atom is -0.379 e. The number of hydrogen-bond acceptors (Lipinski definition) is 5. The second-order valence-electron chi connectivity index (χ2n) is 7.38. The zero-order chi connectivity index (χ0) is 18.2. The molecule has 1 aromatic rings. The minimum absolute atomic E-state index is 0.0532. The lowest BCUT2D eigenvalue weighted by Crippen LogP contribution is -2.54. The molecule has 3 N–H and O–H groups in total. The van der Waals surface area contributed by atoms with Gasteiger partial charge in [-0.15, -0.1) is 0 Å². The van der Waals surface area contributed by atoms with Gasteiger partial charge >= 0.3 is 0 Å². The van der Waals surface area contributed by atoms with Crippen LogP contribution in [-0.4, -0.2) is 73.9 Å². The van der Waals surface area contributed by atoms with Crippen LogP contribution in [0.5, 0.6) is 0 Å². The average molecular weight is 370 g/mol. The third kappa shape index (κ3) is 3.59. The molecular weight excluding hydrogens is 344 g/mol. The normalized spacial score (nSPS) is 25.1. The highest BCUT2D eigenvalue weighted by molar-refractivity contribution is 7.89. The van der Waals surface area contributed by atoms with Crippen LogP contribution in [0.2, 0.25) is 0 Å². The summed E-state index contributed by atoms with van der Waals surface area (Å²) in [5, 5.41) is 0. The Hall–Kier alpha value is -1.42. The van der Waals surface area contributed by atoms with Crippen LogP contribution >= 0.6 is 0 Å². The molecule has 1 unspecified atom stereocenters. The van der Waals surface area contributed by atoms with Crippen LogP contribution in [0.15, 0.2) is 17.2 Å². The molecule has 0 spiro atoms. The van der Waals surface area contributed by atoms with Crippen molar-refractivity contribution in [1.82, 2.24) is 14.2 Å². The molecule has 0 radical (unpaired) electrons. The number of H-pyrrole nitrogens is 1. The summed E-state index contributed by atoms with van der Waals surface area (Å²) in [5.74, 6) is -0.191. The Morgan fingerprint density at radius 1 is 1.32 bits per heavy atom. The fourth-order valence-corrected chi connectivity index (χ4v) is 4.70. The molecule has 25 heavy (non-hydrogen) atoms. The Balaban J connectivity index is 1.76. The number of aromatic amines is 1. The van der Waals surface area contributed by atoms with Gasteiger partial charge in [0.15, 0.2) is 0 Å². The Morgan fingerprint density at radius 2 is 2.00 bits per heavy atom. The zero-order valence-electron chi connectivity index (χ0n) is 14.7. The molecule has 2 aliphatic rings. The van der Waals surface area contributed by atoms with Crippen LogP contribution in [-0.2, 0) is 14.8 Å². The van der Waals surface area contributed by atoms with Crippen molar-refractivity contribution in [2.24, 2.45) is 11.1 Å². The number of carbonyl (C=O) groups is 1. The van der Waals surface area contributed by atoms with E-state index in [9.17, 15) is 13.2 Å². The minimum atomic E-state index is -3.61. The predicted molar refractivity (Wildman–Crippen MR) is 92.6 cm³/mol. The molecule has 140 valence electrons. The van der Waals surface area contributed by atoms with Crippen LogP contribution in [0.3, 0.4) is 0 Å². The lowest BCUT2D eigenvalue weighted by Gasteiger charge is -2.42. The quantitative estimate of drug-likeness (QED) is 0.792. The van der Waals surface area contributed by atoms with E-state index in [4.69, 9.17) is 10.5 Å².